The molecule has 0 spiro atoms. The highest BCUT2D eigenvalue weighted by Gasteiger charge is 2.02. The minimum Gasteiger partial charge on any atom is -0.338 e. The van der Waals surface area contributed by atoms with Gasteiger partial charge in [0, 0.05) is 16.7 Å². The predicted molar refractivity (Wildman–Crippen MR) is 81.3 cm³/mol. The zero-order valence-corrected chi connectivity index (χ0v) is 12.3. The van der Waals surface area contributed by atoms with Crippen LogP contribution in [-0.4, -0.2) is 12.6 Å². The Morgan fingerprint density at radius 1 is 1.15 bits per heavy atom. The maximum absolute atomic E-state index is 13.0. The van der Waals surface area contributed by atoms with Gasteiger partial charge in [-0.1, -0.05) is 34.1 Å². The molecule has 0 aromatic heterocycles. The van der Waals surface area contributed by atoms with E-state index in [9.17, 15) is 9.18 Å². The lowest BCUT2D eigenvalue weighted by Gasteiger charge is -2.08. The molecule has 20 heavy (non-hydrogen) atoms. The maximum atomic E-state index is 13.0. The van der Waals surface area contributed by atoms with Crippen molar-refractivity contribution in [1.82, 2.24) is 5.32 Å². The van der Waals surface area contributed by atoms with E-state index in [1.807, 2.05) is 24.3 Å². The molecule has 0 fully saturated rings. The molecule has 0 saturated heterocycles. The van der Waals surface area contributed by atoms with Gasteiger partial charge in [0.05, 0.1) is 0 Å². The molecular formula is C15H14BrFN2O. The van der Waals surface area contributed by atoms with Crippen LogP contribution in [0.25, 0.3) is 0 Å². The fourth-order valence-electron chi connectivity index (χ4n) is 1.75. The molecule has 2 aromatic carbocycles. The average molecular weight is 337 g/mol. The van der Waals surface area contributed by atoms with E-state index < -0.39 is 0 Å². The fourth-order valence-corrected chi connectivity index (χ4v) is 2.20. The third kappa shape index (κ3) is 4.66. The van der Waals surface area contributed by atoms with Crippen molar-refractivity contribution >= 4 is 27.6 Å². The van der Waals surface area contributed by atoms with Crippen molar-refractivity contribution < 1.29 is 9.18 Å². The smallest absolute Gasteiger partial charge is 0.319 e. The number of benzene rings is 2. The van der Waals surface area contributed by atoms with E-state index in [-0.39, 0.29) is 11.8 Å². The third-order valence-corrected chi connectivity index (χ3v) is 3.16. The Hall–Kier alpha value is -1.88. The van der Waals surface area contributed by atoms with Crippen molar-refractivity contribution in [2.45, 2.75) is 6.42 Å². The van der Waals surface area contributed by atoms with Crippen molar-refractivity contribution in [2.75, 3.05) is 11.9 Å². The summed E-state index contributed by atoms with van der Waals surface area (Å²) in [6, 6.07) is 13.3. The molecule has 0 aliphatic carbocycles. The summed E-state index contributed by atoms with van der Waals surface area (Å²) in [4.78, 5) is 11.6. The number of carbonyl (C=O) groups excluding carboxylic acids is 1. The number of nitrogens with one attached hydrogen (secondary N) is 2. The fraction of sp³-hybridized carbons (Fsp3) is 0.133. The van der Waals surface area contributed by atoms with E-state index in [2.05, 4.69) is 26.6 Å². The first-order valence-corrected chi connectivity index (χ1v) is 6.97. The number of halogens is 2. The zero-order chi connectivity index (χ0) is 14.4. The molecular weight excluding hydrogens is 323 g/mol. The first-order chi connectivity index (χ1) is 9.63. The van der Waals surface area contributed by atoms with E-state index in [0.717, 1.165) is 16.5 Å². The molecule has 0 aliphatic rings. The van der Waals surface area contributed by atoms with E-state index in [0.29, 0.717) is 12.2 Å². The molecule has 0 atom stereocenters. The van der Waals surface area contributed by atoms with Crippen molar-refractivity contribution in [3.05, 3.63) is 64.4 Å². The molecule has 0 radical (unpaired) electrons. The Kier molecular flexibility index (Phi) is 5.12. The molecule has 104 valence electrons. The third-order valence-electron chi connectivity index (χ3n) is 2.67. The van der Waals surface area contributed by atoms with Crippen LogP contribution in [0.4, 0.5) is 14.9 Å². The quantitative estimate of drug-likeness (QED) is 0.871. The highest BCUT2D eigenvalue weighted by Crippen LogP contribution is 2.12. The van der Waals surface area contributed by atoms with Gasteiger partial charge in [-0.3, -0.25) is 0 Å². The molecule has 2 rings (SSSR count). The number of rotatable bonds is 4. The number of carbonyl (C=O) groups is 1. The van der Waals surface area contributed by atoms with Crippen LogP contribution in [0.3, 0.4) is 0 Å². The van der Waals surface area contributed by atoms with Crippen molar-refractivity contribution in [2.24, 2.45) is 0 Å². The van der Waals surface area contributed by atoms with Crippen molar-refractivity contribution in [3.63, 3.8) is 0 Å². The van der Waals surface area contributed by atoms with Crippen LogP contribution in [0.2, 0.25) is 0 Å². The summed E-state index contributed by atoms with van der Waals surface area (Å²) in [5, 5.41) is 5.31. The number of anilines is 1. The summed E-state index contributed by atoms with van der Waals surface area (Å²) in [5.41, 5.74) is 1.57. The van der Waals surface area contributed by atoms with Crippen LogP contribution in [0.1, 0.15) is 5.56 Å². The molecule has 0 aliphatic heterocycles. The predicted octanol–water partition coefficient (Wildman–Crippen LogP) is 3.95. The molecule has 2 aromatic rings. The Morgan fingerprint density at radius 2 is 1.95 bits per heavy atom. The number of amides is 2. The standard InChI is InChI=1S/C15H14BrFN2O/c16-12-4-1-3-11(9-12)7-8-18-15(20)19-14-6-2-5-13(17)10-14/h1-6,9-10H,7-8H2,(H2,18,19,20). The minimum absolute atomic E-state index is 0.342. The number of hydrogen-bond acceptors (Lipinski definition) is 1. The normalized spacial score (nSPS) is 10.1. The van der Waals surface area contributed by atoms with Crippen LogP contribution < -0.4 is 10.6 Å². The molecule has 5 heteroatoms. The first-order valence-electron chi connectivity index (χ1n) is 6.18. The van der Waals surface area contributed by atoms with E-state index in [1.165, 1.54) is 12.1 Å². The van der Waals surface area contributed by atoms with Crippen LogP contribution in [0, 0.1) is 5.82 Å². The van der Waals surface area contributed by atoms with Crippen LogP contribution >= 0.6 is 15.9 Å². The van der Waals surface area contributed by atoms with Crippen molar-refractivity contribution in [1.29, 1.82) is 0 Å². The topological polar surface area (TPSA) is 41.1 Å². The highest BCUT2D eigenvalue weighted by atomic mass is 79.9. The summed E-state index contributed by atoms with van der Waals surface area (Å²) in [5.74, 6) is -0.378. The Morgan fingerprint density at radius 3 is 2.70 bits per heavy atom. The Bertz CT molecular complexity index is 604. The van der Waals surface area contributed by atoms with Gasteiger partial charge < -0.3 is 10.6 Å². The minimum atomic E-state index is -0.378. The van der Waals surface area contributed by atoms with Gasteiger partial charge in [0.25, 0.3) is 0 Å². The SMILES string of the molecule is O=C(NCCc1cccc(Br)c1)Nc1cccc(F)c1. The second kappa shape index (κ2) is 7.05. The Labute approximate surface area is 125 Å². The van der Waals surface area contributed by atoms with Crippen LogP contribution in [-0.2, 0) is 6.42 Å². The van der Waals surface area contributed by atoms with Crippen LogP contribution in [0.5, 0.6) is 0 Å². The molecule has 3 nitrogen and oxygen atoms in total. The van der Waals surface area contributed by atoms with Gasteiger partial charge in [0.15, 0.2) is 0 Å². The maximum Gasteiger partial charge on any atom is 0.319 e. The monoisotopic (exact) mass is 336 g/mol. The summed E-state index contributed by atoms with van der Waals surface area (Å²) in [6.07, 6.45) is 0.732. The van der Waals surface area contributed by atoms with Crippen LogP contribution in [0.15, 0.2) is 53.0 Å². The largest absolute Gasteiger partial charge is 0.338 e. The molecule has 2 amide bonds. The molecule has 0 heterocycles. The first kappa shape index (κ1) is 14.5. The van der Waals surface area contributed by atoms with Gasteiger partial charge in [-0.15, -0.1) is 0 Å². The Balaban J connectivity index is 1.78. The summed E-state index contributed by atoms with van der Waals surface area (Å²) in [6.45, 7) is 0.512. The van der Waals surface area contributed by atoms with Gasteiger partial charge in [-0.05, 0) is 42.3 Å². The van der Waals surface area contributed by atoms with E-state index in [1.54, 1.807) is 12.1 Å². The molecule has 0 bridgehead atoms. The number of hydrogen-bond donors (Lipinski definition) is 2. The molecule has 0 saturated carbocycles. The highest BCUT2D eigenvalue weighted by molar-refractivity contribution is 9.10. The lowest BCUT2D eigenvalue weighted by Crippen LogP contribution is -2.30. The van der Waals surface area contributed by atoms with Crippen molar-refractivity contribution in [3.8, 4) is 0 Å². The second-order valence-corrected chi connectivity index (χ2v) is 5.19. The second-order valence-electron chi connectivity index (χ2n) is 4.27. The number of urea groups is 1. The summed E-state index contributed by atoms with van der Waals surface area (Å²) >= 11 is 3.40. The summed E-state index contributed by atoms with van der Waals surface area (Å²) < 4.78 is 14.0. The summed E-state index contributed by atoms with van der Waals surface area (Å²) in [7, 11) is 0. The van der Waals surface area contributed by atoms with Gasteiger partial charge in [-0.2, -0.15) is 0 Å². The van der Waals surface area contributed by atoms with Gasteiger partial charge in [0.1, 0.15) is 5.82 Å². The molecule has 0 unspecified atom stereocenters. The zero-order valence-electron chi connectivity index (χ0n) is 10.7. The average Bonchev–Trinajstić information content (AvgIpc) is 2.38. The van der Waals surface area contributed by atoms with Gasteiger partial charge in [-0.25, -0.2) is 9.18 Å². The van der Waals surface area contributed by atoms with Gasteiger partial charge in [0.2, 0.25) is 0 Å². The lowest BCUT2D eigenvalue weighted by molar-refractivity contribution is 0.252. The molecule has 2 N–H and O–H groups in total. The lowest BCUT2D eigenvalue weighted by atomic mass is 10.1. The van der Waals surface area contributed by atoms with Gasteiger partial charge >= 0.3 is 6.03 Å². The van der Waals surface area contributed by atoms with E-state index >= 15 is 0 Å². The van der Waals surface area contributed by atoms with E-state index in [4.69, 9.17) is 0 Å².